The van der Waals surface area contributed by atoms with Gasteiger partial charge < -0.3 is 11.1 Å². The Kier molecular flexibility index (Phi) is 3.24. The molecule has 5 nitrogen and oxygen atoms in total. The van der Waals surface area contributed by atoms with E-state index in [0.29, 0.717) is 17.8 Å². The second-order valence-electron chi connectivity index (χ2n) is 3.42. The van der Waals surface area contributed by atoms with Crippen LogP contribution in [0.25, 0.3) is 0 Å². The number of amides is 1. The van der Waals surface area contributed by atoms with Crippen molar-refractivity contribution in [3.05, 3.63) is 17.0 Å². The molecule has 5 heteroatoms. The van der Waals surface area contributed by atoms with Gasteiger partial charge in [-0.3, -0.25) is 9.89 Å². The Bertz CT molecular complexity index is 312. The lowest BCUT2D eigenvalue weighted by molar-refractivity contribution is 0.0940. The topological polar surface area (TPSA) is 83.8 Å². The van der Waals surface area contributed by atoms with Gasteiger partial charge in [-0.1, -0.05) is 0 Å². The summed E-state index contributed by atoms with van der Waals surface area (Å²) in [7, 11) is 0. The molecule has 0 fully saturated rings. The lowest BCUT2D eigenvalue weighted by Crippen LogP contribution is -2.38. The molecule has 1 amide bonds. The highest BCUT2D eigenvalue weighted by molar-refractivity contribution is 5.96. The average molecular weight is 196 g/mol. The van der Waals surface area contributed by atoms with Crippen molar-refractivity contribution in [1.29, 1.82) is 0 Å². The summed E-state index contributed by atoms with van der Waals surface area (Å²) in [6.07, 6.45) is 0. The van der Waals surface area contributed by atoms with Crippen LogP contribution >= 0.6 is 0 Å². The van der Waals surface area contributed by atoms with Gasteiger partial charge in [-0.05, 0) is 20.8 Å². The number of aromatic amines is 1. The van der Waals surface area contributed by atoms with Crippen LogP contribution in [0.1, 0.15) is 28.7 Å². The highest BCUT2D eigenvalue weighted by atomic mass is 16.1. The van der Waals surface area contributed by atoms with Gasteiger partial charge in [0.05, 0.1) is 11.3 Å². The lowest BCUT2D eigenvalue weighted by atomic mass is 10.2. The van der Waals surface area contributed by atoms with Crippen molar-refractivity contribution < 1.29 is 4.79 Å². The molecule has 0 bridgehead atoms. The fraction of sp³-hybridized carbons (Fsp3) is 0.556. The first-order valence-electron chi connectivity index (χ1n) is 4.58. The van der Waals surface area contributed by atoms with E-state index in [1.54, 1.807) is 6.92 Å². The summed E-state index contributed by atoms with van der Waals surface area (Å²) in [5, 5.41) is 9.51. The van der Waals surface area contributed by atoms with Crippen LogP contribution in [-0.2, 0) is 0 Å². The van der Waals surface area contributed by atoms with Crippen LogP contribution in [0.3, 0.4) is 0 Å². The highest BCUT2D eigenvalue weighted by Crippen LogP contribution is 2.08. The smallest absolute Gasteiger partial charge is 0.255 e. The Morgan fingerprint density at radius 3 is 2.71 bits per heavy atom. The number of H-pyrrole nitrogens is 1. The number of rotatable bonds is 3. The highest BCUT2D eigenvalue weighted by Gasteiger charge is 2.16. The van der Waals surface area contributed by atoms with E-state index >= 15 is 0 Å². The van der Waals surface area contributed by atoms with Gasteiger partial charge in [0.1, 0.15) is 0 Å². The molecule has 0 spiro atoms. The van der Waals surface area contributed by atoms with Crippen LogP contribution in [0.15, 0.2) is 0 Å². The molecule has 0 radical (unpaired) electrons. The second-order valence-corrected chi connectivity index (χ2v) is 3.42. The maximum Gasteiger partial charge on any atom is 0.255 e. The standard InChI is InChI=1S/C9H16N4O/c1-5(4-10)11-9(14)8-6(2)12-13-7(8)3/h5H,4,10H2,1-3H3,(H,11,14)(H,12,13). The van der Waals surface area contributed by atoms with Crippen molar-refractivity contribution in [2.24, 2.45) is 5.73 Å². The number of carbonyl (C=O) groups is 1. The normalized spacial score (nSPS) is 12.6. The minimum Gasteiger partial charge on any atom is -0.348 e. The van der Waals surface area contributed by atoms with Crippen molar-refractivity contribution in [2.45, 2.75) is 26.8 Å². The first kappa shape index (κ1) is 10.7. The fourth-order valence-corrected chi connectivity index (χ4v) is 1.24. The second kappa shape index (κ2) is 4.23. The van der Waals surface area contributed by atoms with Gasteiger partial charge in [-0.25, -0.2) is 0 Å². The summed E-state index contributed by atoms with van der Waals surface area (Å²) in [6, 6.07) is -0.0174. The van der Waals surface area contributed by atoms with Gasteiger partial charge in [0.25, 0.3) is 5.91 Å². The molecule has 4 N–H and O–H groups in total. The average Bonchev–Trinajstić information content (AvgIpc) is 2.46. The van der Waals surface area contributed by atoms with Crippen molar-refractivity contribution in [2.75, 3.05) is 6.54 Å². The molecule has 0 aliphatic carbocycles. The Morgan fingerprint density at radius 2 is 2.29 bits per heavy atom. The van der Waals surface area contributed by atoms with Gasteiger partial charge in [0, 0.05) is 18.3 Å². The molecule has 78 valence electrons. The number of hydrogen-bond donors (Lipinski definition) is 3. The molecule has 1 aromatic rings. The molecule has 1 unspecified atom stereocenters. The lowest BCUT2D eigenvalue weighted by Gasteiger charge is -2.10. The molecule has 0 aliphatic heterocycles. The maximum atomic E-state index is 11.7. The summed E-state index contributed by atoms with van der Waals surface area (Å²) in [4.78, 5) is 11.7. The number of carbonyl (C=O) groups excluding carboxylic acids is 1. The largest absolute Gasteiger partial charge is 0.348 e. The van der Waals surface area contributed by atoms with E-state index in [4.69, 9.17) is 5.73 Å². The van der Waals surface area contributed by atoms with E-state index in [2.05, 4.69) is 15.5 Å². The van der Waals surface area contributed by atoms with Crippen LogP contribution in [0, 0.1) is 13.8 Å². The number of aromatic nitrogens is 2. The van der Waals surface area contributed by atoms with E-state index < -0.39 is 0 Å². The molecular weight excluding hydrogens is 180 g/mol. The Morgan fingerprint density at radius 1 is 1.64 bits per heavy atom. The number of aryl methyl sites for hydroxylation is 2. The van der Waals surface area contributed by atoms with E-state index in [0.717, 1.165) is 5.69 Å². The predicted octanol–water partition coefficient (Wildman–Crippen LogP) is 0.104. The van der Waals surface area contributed by atoms with Crippen LogP contribution in [0.2, 0.25) is 0 Å². The van der Waals surface area contributed by atoms with Gasteiger partial charge in [0.2, 0.25) is 0 Å². The maximum absolute atomic E-state index is 11.7. The van der Waals surface area contributed by atoms with Crippen LogP contribution in [0.4, 0.5) is 0 Å². The Labute approximate surface area is 83.1 Å². The zero-order chi connectivity index (χ0) is 10.7. The molecule has 1 aromatic heterocycles. The van der Waals surface area contributed by atoms with Gasteiger partial charge in [-0.2, -0.15) is 5.10 Å². The SMILES string of the molecule is Cc1n[nH]c(C)c1C(=O)NC(C)CN. The quantitative estimate of drug-likeness (QED) is 0.641. The van der Waals surface area contributed by atoms with Crippen molar-refractivity contribution >= 4 is 5.91 Å². The van der Waals surface area contributed by atoms with Crippen molar-refractivity contribution in [1.82, 2.24) is 15.5 Å². The molecule has 0 saturated heterocycles. The Hall–Kier alpha value is -1.36. The first-order chi connectivity index (χ1) is 6.56. The van der Waals surface area contributed by atoms with Gasteiger partial charge in [0.15, 0.2) is 0 Å². The molecule has 1 rings (SSSR count). The van der Waals surface area contributed by atoms with E-state index in [1.165, 1.54) is 0 Å². The number of nitrogens with zero attached hydrogens (tertiary/aromatic N) is 1. The third-order valence-electron chi connectivity index (χ3n) is 2.09. The Balaban J connectivity index is 2.79. The zero-order valence-corrected chi connectivity index (χ0v) is 8.72. The number of hydrogen-bond acceptors (Lipinski definition) is 3. The molecule has 0 aromatic carbocycles. The fourth-order valence-electron chi connectivity index (χ4n) is 1.24. The number of nitrogens with one attached hydrogen (secondary N) is 2. The van der Waals surface area contributed by atoms with E-state index in [-0.39, 0.29) is 11.9 Å². The summed E-state index contributed by atoms with van der Waals surface area (Å²) >= 11 is 0. The number of nitrogens with two attached hydrogens (primary N) is 1. The molecule has 1 heterocycles. The first-order valence-corrected chi connectivity index (χ1v) is 4.58. The molecule has 0 saturated carbocycles. The predicted molar refractivity (Wildman–Crippen MR) is 54.0 cm³/mol. The van der Waals surface area contributed by atoms with Crippen molar-refractivity contribution in [3.8, 4) is 0 Å². The monoisotopic (exact) mass is 196 g/mol. The van der Waals surface area contributed by atoms with Gasteiger partial charge >= 0.3 is 0 Å². The third kappa shape index (κ3) is 2.11. The summed E-state index contributed by atoms with van der Waals surface area (Å²) in [6.45, 7) is 5.91. The minimum atomic E-state index is -0.119. The van der Waals surface area contributed by atoms with Crippen LogP contribution in [0.5, 0.6) is 0 Å². The molecule has 14 heavy (non-hydrogen) atoms. The third-order valence-corrected chi connectivity index (χ3v) is 2.09. The zero-order valence-electron chi connectivity index (χ0n) is 8.72. The van der Waals surface area contributed by atoms with Crippen LogP contribution < -0.4 is 11.1 Å². The molecular formula is C9H16N4O. The van der Waals surface area contributed by atoms with E-state index in [1.807, 2.05) is 13.8 Å². The molecule has 1 atom stereocenters. The molecule has 0 aliphatic rings. The summed E-state index contributed by atoms with van der Waals surface area (Å²) in [5.41, 5.74) is 7.52. The van der Waals surface area contributed by atoms with Crippen LogP contribution in [-0.4, -0.2) is 28.7 Å². The van der Waals surface area contributed by atoms with Crippen molar-refractivity contribution in [3.63, 3.8) is 0 Å². The van der Waals surface area contributed by atoms with E-state index in [9.17, 15) is 4.79 Å². The van der Waals surface area contributed by atoms with Gasteiger partial charge in [-0.15, -0.1) is 0 Å². The minimum absolute atomic E-state index is 0.0174. The summed E-state index contributed by atoms with van der Waals surface area (Å²) < 4.78 is 0. The summed E-state index contributed by atoms with van der Waals surface area (Å²) in [5.74, 6) is -0.119.